The standard InChI is InChI=1S/C19H26N2O4S/c22-18(15-2-1-3-16-17(15)25-11-10-24-16)20-14-19(4-12-26-13-5-19)21-6-8-23-9-7-21/h1-3H,4-14H2,(H,20,22). The molecule has 1 aromatic rings. The van der Waals surface area contributed by atoms with Crippen molar-refractivity contribution in [3.8, 4) is 11.5 Å². The maximum atomic E-state index is 12.9. The second kappa shape index (κ2) is 8.06. The van der Waals surface area contributed by atoms with Gasteiger partial charge >= 0.3 is 0 Å². The van der Waals surface area contributed by atoms with Gasteiger partial charge in [0, 0.05) is 25.2 Å². The van der Waals surface area contributed by atoms with Crippen LogP contribution in [0.2, 0.25) is 0 Å². The molecule has 3 aliphatic rings. The molecule has 142 valence electrons. The summed E-state index contributed by atoms with van der Waals surface area (Å²) in [5.74, 6) is 3.42. The van der Waals surface area contributed by atoms with Crippen LogP contribution in [0.1, 0.15) is 23.2 Å². The van der Waals surface area contributed by atoms with E-state index in [0.29, 0.717) is 36.8 Å². The number of fused-ring (bicyclic) bond motifs is 1. The van der Waals surface area contributed by atoms with E-state index >= 15 is 0 Å². The Morgan fingerprint density at radius 3 is 2.69 bits per heavy atom. The number of para-hydroxylation sites is 1. The molecule has 0 saturated carbocycles. The van der Waals surface area contributed by atoms with Crippen LogP contribution in [0.15, 0.2) is 18.2 Å². The van der Waals surface area contributed by atoms with Crippen molar-refractivity contribution in [1.29, 1.82) is 0 Å². The van der Waals surface area contributed by atoms with Crippen LogP contribution >= 0.6 is 11.8 Å². The smallest absolute Gasteiger partial charge is 0.255 e. The molecule has 0 aliphatic carbocycles. The Kier molecular flexibility index (Phi) is 5.57. The minimum absolute atomic E-state index is 0.0386. The number of carbonyl (C=O) groups is 1. The third-order valence-corrected chi connectivity index (χ3v) is 6.48. The van der Waals surface area contributed by atoms with Crippen LogP contribution in [0.3, 0.4) is 0 Å². The van der Waals surface area contributed by atoms with Crippen molar-refractivity contribution in [2.75, 3.05) is 57.6 Å². The number of thioether (sulfide) groups is 1. The molecule has 7 heteroatoms. The van der Waals surface area contributed by atoms with Crippen molar-refractivity contribution in [2.24, 2.45) is 0 Å². The topological polar surface area (TPSA) is 60.0 Å². The van der Waals surface area contributed by atoms with Gasteiger partial charge in [-0.1, -0.05) is 6.07 Å². The van der Waals surface area contributed by atoms with E-state index in [9.17, 15) is 4.79 Å². The van der Waals surface area contributed by atoms with Gasteiger partial charge in [-0.3, -0.25) is 9.69 Å². The van der Waals surface area contributed by atoms with Crippen LogP contribution in [-0.4, -0.2) is 73.9 Å². The Bertz CT molecular complexity index is 642. The Hall–Kier alpha value is -1.44. The molecule has 4 rings (SSSR count). The minimum Gasteiger partial charge on any atom is -0.486 e. The zero-order chi connectivity index (χ0) is 17.8. The number of amides is 1. The van der Waals surface area contributed by atoms with Gasteiger partial charge < -0.3 is 19.5 Å². The number of nitrogens with zero attached hydrogens (tertiary/aromatic N) is 1. The molecule has 26 heavy (non-hydrogen) atoms. The molecule has 0 atom stereocenters. The first kappa shape index (κ1) is 17.9. The lowest BCUT2D eigenvalue weighted by atomic mass is 9.89. The van der Waals surface area contributed by atoms with Crippen LogP contribution in [0.4, 0.5) is 0 Å². The van der Waals surface area contributed by atoms with E-state index in [-0.39, 0.29) is 11.4 Å². The van der Waals surface area contributed by atoms with Gasteiger partial charge in [0.05, 0.1) is 18.8 Å². The first-order valence-corrected chi connectivity index (χ1v) is 10.5. The number of nitrogens with one attached hydrogen (secondary N) is 1. The number of hydrogen-bond donors (Lipinski definition) is 1. The lowest BCUT2D eigenvalue weighted by Crippen LogP contribution is -2.60. The highest BCUT2D eigenvalue weighted by molar-refractivity contribution is 7.99. The largest absolute Gasteiger partial charge is 0.486 e. The number of carbonyl (C=O) groups excluding carboxylic acids is 1. The zero-order valence-corrected chi connectivity index (χ0v) is 15.8. The predicted octanol–water partition coefficient (Wildman–Crippen LogP) is 1.79. The molecule has 0 bridgehead atoms. The summed E-state index contributed by atoms with van der Waals surface area (Å²) in [4.78, 5) is 15.4. The molecule has 0 spiro atoms. The van der Waals surface area contributed by atoms with Crippen molar-refractivity contribution >= 4 is 17.7 Å². The number of morpholine rings is 1. The first-order chi connectivity index (χ1) is 12.8. The highest BCUT2D eigenvalue weighted by Crippen LogP contribution is 2.35. The van der Waals surface area contributed by atoms with E-state index in [2.05, 4.69) is 10.2 Å². The molecule has 2 saturated heterocycles. The molecule has 3 aliphatic heterocycles. The van der Waals surface area contributed by atoms with Gasteiger partial charge in [-0.15, -0.1) is 0 Å². The summed E-state index contributed by atoms with van der Waals surface area (Å²) in [6, 6.07) is 5.50. The average Bonchev–Trinajstić information content (AvgIpc) is 2.73. The summed E-state index contributed by atoms with van der Waals surface area (Å²) in [6.07, 6.45) is 2.20. The fourth-order valence-corrected chi connectivity index (χ4v) is 5.24. The normalized spacial score (nSPS) is 22.6. The third-order valence-electron chi connectivity index (χ3n) is 5.49. The summed E-state index contributed by atoms with van der Waals surface area (Å²) >= 11 is 2.00. The van der Waals surface area contributed by atoms with E-state index in [1.54, 1.807) is 6.07 Å². The first-order valence-electron chi connectivity index (χ1n) is 9.36. The highest BCUT2D eigenvalue weighted by Gasteiger charge is 2.39. The number of ether oxygens (including phenoxy) is 3. The van der Waals surface area contributed by atoms with Gasteiger partial charge in [-0.2, -0.15) is 11.8 Å². The molecule has 0 radical (unpaired) electrons. The van der Waals surface area contributed by atoms with Crippen molar-refractivity contribution in [3.63, 3.8) is 0 Å². The van der Waals surface area contributed by atoms with Crippen LogP contribution in [0, 0.1) is 0 Å². The Balaban J connectivity index is 1.48. The summed E-state index contributed by atoms with van der Waals surface area (Å²) in [7, 11) is 0. The van der Waals surface area contributed by atoms with Crippen LogP contribution in [0.5, 0.6) is 11.5 Å². The average molecular weight is 378 g/mol. The molecule has 1 amide bonds. The highest BCUT2D eigenvalue weighted by atomic mass is 32.2. The molecule has 3 heterocycles. The summed E-state index contributed by atoms with van der Waals surface area (Å²) in [6.45, 7) is 5.11. The fourth-order valence-electron chi connectivity index (χ4n) is 3.99. The Morgan fingerprint density at radius 2 is 1.88 bits per heavy atom. The van der Waals surface area contributed by atoms with Gasteiger partial charge in [-0.05, 0) is 36.5 Å². The van der Waals surface area contributed by atoms with Crippen molar-refractivity contribution in [2.45, 2.75) is 18.4 Å². The molecule has 1 aromatic carbocycles. The summed E-state index contributed by atoms with van der Waals surface area (Å²) < 4.78 is 16.8. The van der Waals surface area contributed by atoms with Crippen LogP contribution in [-0.2, 0) is 4.74 Å². The SMILES string of the molecule is O=C(NCC1(N2CCOCC2)CCSCC1)c1cccc2c1OCCO2. The van der Waals surface area contributed by atoms with Gasteiger partial charge in [0.25, 0.3) is 5.91 Å². The van der Waals surface area contributed by atoms with Crippen molar-refractivity contribution < 1.29 is 19.0 Å². The molecule has 6 nitrogen and oxygen atoms in total. The maximum absolute atomic E-state index is 12.9. The maximum Gasteiger partial charge on any atom is 0.255 e. The van der Waals surface area contributed by atoms with E-state index in [1.807, 2.05) is 23.9 Å². The molecular formula is C19H26N2O4S. The molecule has 0 unspecified atom stereocenters. The lowest BCUT2D eigenvalue weighted by Gasteiger charge is -2.48. The van der Waals surface area contributed by atoms with E-state index < -0.39 is 0 Å². The molecule has 1 N–H and O–H groups in total. The van der Waals surface area contributed by atoms with E-state index in [0.717, 1.165) is 50.7 Å². The third kappa shape index (κ3) is 3.66. The summed E-state index contributed by atoms with van der Waals surface area (Å²) in [5.41, 5.74) is 0.598. The predicted molar refractivity (Wildman–Crippen MR) is 101 cm³/mol. The van der Waals surface area contributed by atoms with Gasteiger partial charge in [0.15, 0.2) is 11.5 Å². The molecule has 0 aromatic heterocycles. The number of hydrogen-bond acceptors (Lipinski definition) is 6. The fraction of sp³-hybridized carbons (Fsp3) is 0.632. The lowest BCUT2D eigenvalue weighted by molar-refractivity contribution is -0.0255. The van der Waals surface area contributed by atoms with Gasteiger partial charge in [0.1, 0.15) is 13.2 Å². The van der Waals surface area contributed by atoms with Gasteiger partial charge in [-0.25, -0.2) is 0 Å². The van der Waals surface area contributed by atoms with E-state index in [4.69, 9.17) is 14.2 Å². The van der Waals surface area contributed by atoms with E-state index in [1.165, 1.54) is 0 Å². The van der Waals surface area contributed by atoms with Gasteiger partial charge in [0.2, 0.25) is 0 Å². The zero-order valence-electron chi connectivity index (χ0n) is 15.0. The van der Waals surface area contributed by atoms with Crippen LogP contribution < -0.4 is 14.8 Å². The number of rotatable bonds is 4. The second-order valence-corrected chi connectivity index (χ2v) is 8.17. The molecule has 2 fully saturated rings. The quantitative estimate of drug-likeness (QED) is 0.862. The van der Waals surface area contributed by atoms with Crippen LogP contribution in [0.25, 0.3) is 0 Å². The second-order valence-electron chi connectivity index (χ2n) is 6.95. The minimum atomic E-state index is -0.0850. The van der Waals surface area contributed by atoms with Crippen molar-refractivity contribution in [3.05, 3.63) is 23.8 Å². The number of benzene rings is 1. The monoisotopic (exact) mass is 378 g/mol. The Labute approximate surface area is 158 Å². The van der Waals surface area contributed by atoms with Crippen molar-refractivity contribution in [1.82, 2.24) is 10.2 Å². The Morgan fingerprint density at radius 1 is 1.12 bits per heavy atom. The molecular weight excluding hydrogens is 352 g/mol. The summed E-state index contributed by atoms with van der Waals surface area (Å²) in [5, 5.41) is 3.19.